The summed E-state index contributed by atoms with van der Waals surface area (Å²) < 4.78 is 5.07. The summed E-state index contributed by atoms with van der Waals surface area (Å²) in [7, 11) is 1.79. The Balaban J connectivity index is 1.99. The monoisotopic (exact) mass is 213 g/mol. The van der Waals surface area contributed by atoms with E-state index < -0.39 is 0 Å². The van der Waals surface area contributed by atoms with Gasteiger partial charge in [0, 0.05) is 19.8 Å². The number of rotatable bonds is 8. The molecule has 2 nitrogen and oxygen atoms in total. The molecular weight excluding hydrogens is 186 g/mol. The Hall–Kier alpha value is -0.0800. The van der Waals surface area contributed by atoms with Crippen molar-refractivity contribution in [1.82, 2.24) is 5.32 Å². The van der Waals surface area contributed by atoms with Crippen LogP contribution in [0, 0.1) is 11.8 Å². The van der Waals surface area contributed by atoms with E-state index in [1.165, 1.54) is 38.6 Å². The van der Waals surface area contributed by atoms with Crippen molar-refractivity contribution in [1.29, 1.82) is 0 Å². The molecule has 0 saturated heterocycles. The van der Waals surface area contributed by atoms with Crippen LogP contribution >= 0.6 is 0 Å². The van der Waals surface area contributed by atoms with Gasteiger partial charge in [0.25, 0.3) is 0 Å². The average molecular weight is 213 g/mol. The lowest BCUT2D eigenvalue weighted by atomic mass is 9.71. The molecular formula is C13H27NO. The normalized spacial score (nSPS) is 25.6. The minimum atomic E-state index is 0.639. The molecule has 2 heteroatoms. The zero-order valence-electron chi connectivity index (χ0n) is 10.6. The van der Waals surface area contributed by atoms with Crippen LogP contribution in [0.3, 0.4) is 0 Å². The molecule has 2 atom stereocenters. The second-order valence-corrected chi connectivity index (χ2v) is 5.15. The standard InChI is InChI=1S/C13H27NO/c1-11(2)14-10-13-8-7-12(13)6-4-5-9-15-3/h11-14H,4-10H2,1-3H3. The molecule has 1 rings (SSSR count). The van der Waals surface area contributed by atoms with Crippen LogP contribution in [0.5, 0.6) is 0 Å². The zero-order valence-corrected chi connectivity index (χ0v) is 10.6. The molecule has 1 aliphatic rings. The maximum absolute atomic E-state index is 5.07. The van der Waals surface area contributed by atoms with Gasteiger partial charge in [-0.3, -0.25) is 0 Å². The van der Waals surface area contributed by atoms with Gasteiger partial charge in [0.15, 0.2) is 0 Å². The third-order valence-electron chi connectivity index (χ3n) is 3.54. The second kappa shape index (κ2) is 7.24. The highest BCUT2D eigenvalue weighted by atomic mass is 16.5. The van der Waals surface area contributed by atoms with Gasteiger partial charge in [-0.25, -0.2) is 0 Å². The molecule has 0 aromatic rings. The highest BCUT2D eigenvalue weighted by Crippen LogP contribution is 2.37. The minimum Gasteiger partial charge on any atom is -0.385 e. The van der Waals surface area contributed by atoms with Crippen molar-refractivity contribution in [2.45, 2.75) is 52.0 Å². The van der Waals surface area contributed by atoms with E-state index in [1.54, 1.807) is 7.11 Å². The molecule has 1 N–H and O–H groups in total. The summed E-state index contributed by atoms with van der Waals surface area (Å²) in [5.41, 5.74) is 0. The molecule has 0 radical (unpaired) electrons. The fourth-order valence-electron chi connectivity index (χ4n) is 2.33. The predicted octanol–water partition coefficient (Wildman–Crippen LogP) is 2.83. The van der Waals surface area contributed by atoms with Crippen LogP contribution in [0.15, 0.2) is 0 Å². The van der Waals surface area contributed by atoms with Crippen molar-refractivity contribution in [2.75, 3.05) is 20.3 Å². The molecule has 0 aromatic heterocycles. The summed E-state index contributed by atoms with van der Waals surface area (Å²) in [6, 6.07) is 0.639. The molecule has 0 heterocycles. The van der Waals surface area contributed by atoms with Crippen molar-refractivity contribution in [3.05, 3.63) is 0 Å². The molecule has 1 saturated carbocycles. The van der Waals surface area contributed by atoms with Crippen LogP contribution < -0.4 is 5.32 Å². The Morgan fingerprint density at radius 3 is 2.47 bits per heavy atom. The van der Waals surface area contributed by atoms with Crippen LogP contribution in [0.25, 0.3) is 0 Å². The number of nitrogens with one attached hydrogen (secondary N) is 1. The predicted molar refractivity (Wildman–Crippen MR) is 65.1 cm³/mol. The lowest BCUT2D eigenvalue weighted by Crippen LogP contribution is -2.37. The summed E-state index contributed by atoms with van der Waals surface area (Å²) in [4.78, 5) is 0. The Kier molecular flexibility index (Phi) is 6.26. The molecule has 0 aromatic carbocycles. The molecule has 0 aliphatic heterocycles. The first-order valence-corrected chi connectivity index (χ1v) is 6.46. The number of unbranched alkanes of at least 4 members (excludes halogenated alkanes) is 1. The van der Waals surface area contributed by atoms with Gasteiger partial charge in [-0.1, -0.05) is 26.7 Å². The summed E-state index contributed by atoms with van der Waals surface area (Å²) >= 11 is 0. The summed E-state index contributed by atoms with van der Waals surface area (Å²) in [6.07, 6.45) is 6.88. The van der Waals surface area contributed by atoms with E-state index in [9.17, 15) is 0 Å². The van der Waals surface area contributed by atoms with E-state index in [1.807, 2.05) is 0 Å². The smallest absolute Gasteiger partial charge is 0.0462 e. The van der Waals surface area contributed by atoms with Gasteiger partial charge in [0.2, 0.25) is 0 Å². The Bertz CT molecular complexity index is 159. The minimum absolute atomic E-state index is 0.639. The molecule has 90 valence electrons. The number of ether oxygens (including phenoxy) is 1. The number of methoxy groups -OCH3 is 1. The SMILES string of the molecule is COCCCCC1CCC1CNC(C)C. The molecule has 0 spiro atoms. The second-order valence-electron chi connectivity index (χ2n) is 5.15. The van der Waals surface area contributed by atoms with Gasteiger partial charge in [-0.05, 0) is 37.6 Å². The van der Waals surface area contributed by atoms with E-state index in [0.717, 1.165) is 18.4 Å². The molecule has 0 amide bonds. The highest BCUT2D eigenvalue weighted by molar-refractivity contribution is 4.82. The average Bonchev–Trinajstić information content (AvgIpc) is 2.15. The summed E-state index contributed by atoms with van der Waals surface area (Å²) in [5.74, 6) is 1.95. The van der Waals surface area contributed by atoms with Crippen LogP contribution in [0.2, 0.25) is 0 Å². The van der Waals surface area contributed by atoms with Gasteiger partial charge in [-0.2, -0.15) is 0 Å². The van der Waals surface area contributed by atoms with Crippen molar-refractivity contribution in [3.63, 3.8) is 0 Å². The van der Waals surface area contributed by atoms with Crippen molar-refractivity contribution in [3.8, 4) is 0 Å². The van der Waals surface area contributed by atoms with Crippen LogP contribution in [-0.2, 0) is 4.74 Å². The van der Waals surface area contributed by atoms with Crippen molar-refractivity contribution >= 4 is 0 Å². The number of hydrogen-bond acceptors (Lipinski definition) is 2. The van der Waals surface area contributed by atoms with Crippen LogP contribution in [0.1, 0.15) is 46.0 Å². The van der Waals surface area contributed by atoms with Crippen LogP contribution in [-0.4, -0.2) is 26.3 Å². The molecule has 15 heavy (non-hydrogen) atoms. The maximum atomic E-state index is 5.07. The van der Waals surface area contributed by atoms with Crippen LogP contribution in [0.4, 0.5) is 0 Å². The van der Waals surface area contributed by atoms with Gasteiger partial charge < -0.3 is 10.1 Å². The first kappa shape index (κ1) is 13.0. The van der Waals surface area contributed by atoms with E-state index in [-0.39, 0.29) is 0 Å². The summed E-state index contributed by atoms with van der Waals surface area (Å²) in [5, 5.41) is 3.55. The molecule has 0 bridgehead atoms. The third-order valence-corrected chi connectivity index (χ3v) is 3.54. The Labute approximate surface area is 94.8 Å². The lowest BCUT2D eigenvalue weighted by molar-refractivity contribution is 0.143. The topological polar surface area (TPSA) is 21.3 Å². The Morgan fingerprint density at radius 2 is 1.93 bits per heavy atom. The van der Waals surface area contributed by atoms with Gasteiger partial charge in [0.05, 0.1) is 0 Å². The van der Waals surface area contributed by atoms with Crippen molar-refractivity contribution in [2.24, 2.45) is 11.8 Å². The maximum Gasteiger partial charge on any atom is 0.0462 e. The molecule has 1 fully saturated rings. The van der Waals surface area contributed by atoms with Crippen molar-refractivity contribution < 1.29 is 4.74 Å². The van der Waals surface area contributed by atoms with E-state index >= 15 is 0 Å². The quantitative estimate of drug-likeness (QED) is 0.626. The molecule has 1 aliphatic carbocycles. The first-order valence-electron chi connectivity index (χ1n) is 6.46. The van der Waals surface area contributed by atoms with Gasteiger partial charge in [0.1, 0.15) is 0 Å². The van der Waals surface area contributed by atoms with E-state index in [2.05, 4.69) is 19.2 Å². The van der Waals surface area contributed by atoms with E-state index in [0.29, 0.717) is 6.04 Å². The third kappa shape index (κ3) is 4.98. The van der Waals surface area contributed by atoms with Gasteiger partial charge in [-0.15, -0.1) is 0 Å². The first-order chi connectivity index (χ1) is 7.24. The summed E-state index contributed by atoms with van der Waals surface area (Å²) in [6.45, 7) is 6.62. The zero-order chi connectivity index (χ0) is 11.1. The Morgan fingerprint density at radius 1 is 1.20 bits per heavy atom. The van der Waals surface area contributed by atoms with Gasteiger partial charge >= 0.3 is 0 Å². The molecule has 2 unspecified atom stereocenters. The lowest BCUT2D eigenvalue weighted by Gasteiger charge is -2.37. The highest BCUT2D eigenvalue weighted by Gasteiger charge is 2.29. The largest absolute Gasteiger partial charge is 0.385 e. The van der Waals surface area contributed by atoms with E-state index in [4.69, 9.17) is 4.74 Å². The fraction of sp³-hybridized carbons (Fsp3) is 1.00. The fourth-order valence-corrected chi connectivity index (χ4v) is 2.33. The number of hydrogen-bond donors (Lipinski definition) is 1.